The van der Waals surface area contributed by atoms with Crippen molar-refractivity contribution in [2.75, 3.05) is 23.5 Å². The summed E-state index contributed by atoms with van der Waals surface area (Å²) in [6, 6.07) is 9.31. The van der Waals surface area contributed by atoms with Crippen molar-refractivity contribution in [2.24, 2.45) is 5.41 Å². The maximum absolute atomic E-state index is 13.6. The van der Waals surface area contributed by atoms with Crippen LogP contribution in [0.1, 0.15) is 33.1 Å². The summed E-state index contributed by atoms with van der Waals surface area (Å²) in [6.07, 6.45) is 5.57. The predicted octanol–water partition coefficient (Wildman–Crippen LogP) is 4.87. The maximum atomic E-state index is 13.6. The molecule has 0 bridgehead atoms. The number of nitrogens with zero attached hydrogens (tertiary/aromatic N) is 1. The number of hydrogen-bond donors (Lipinski definition) is 1. The summed E-state index contributed by atoms with van der Waals surface area (Å²) < 4.78 is 46.0. The number of carbonyl (C=O) groups is 1. The highest BCUT2D eigenvalue weighted by atomic mass is 32.2. The summed E-state index contributed by atoms with van der Waals surface area (Å²) in [5.41, 5.74) is 0.524. The lowest BCUT2D eigenvalue weighted by Crippen LogP contribution is -2.43. The Morgan fingerprint density at radius 1 is 1.31 bits per heavy atom. The number of aliphatic carboxylic acids is 1. The zero-order valence-electron chi connectivity index (χ0n) is 18.4. The molecule has 1 N–H and O–H groups in total. The first-order valence-electron chi connectivity index (χ1n) is 10.4. The molecule has 1 aliphatic carbocycles. The number of allylic oxidation sites excluding steroid dienone is 1. The zero-order valence-corrected chi connectivity index (χ0v) is 20.0. The number of rotatable bonds is 7. The van der Waals surface area contributed by atoms with Crippen molar-refractivity contribution in [1.29, 1.82) is 0 Å². The van der Waals surface area contributed by atoms with Crippen LogP contribution in [0.15, 0.2) is 64.1 Å². The number of carboxylic acids is 1. The van der Waals surface area contributed by atoms with E-state index < -0.39 is 33.1 Å². The van der Waals surface area contributed by atoms with Gasteiger partial charge in [0.2, 0.25) is 5.83 Å². The third-order valence-electron chi connectivity index (χ3n) is 6.32. The van der Waals surface area contributed by atoms with Gasteiger partial charge >= 0.3 is 5.97 Å². The number of fused-ring (bicyclic) bond motifs is 1. The molecule has 0 saturated carbocycles. The predicted molar refractivity (Wildman–Crippen MR) is 126 cm³/mol. The summed E-state index contributed by atoms with van der Waals surface area (Å²) in [6.45, 7) is 4.63. The number of ether oxygens (including phenoxy) is 1. The standard InChI is InChI=1S/C23H28FNO5S2/c1-4-23(5-2)14-25(16-9-7-6-8-10-16)18-11-20(31-3)19(30-13-17(24)22(26)27)12-21(18)32(28,29)15-23/h6-10,12-13,18H,4-5,11,14-15H2,1-3H3,(H,26,27)/b17-13-. The van der Waals surface area contributed by atoms with Crippen LogP contribution < -0.4 is 4.90 Å². The number of carboxylic acid groups (broad SMARTS) is 1. The Morgan fingerprint density at radius 2 is 1.97 bits per heavy atom. The van der Waals surface area contributed by atoms with Crippen molar-refractivity contribution in [1.82, 2.24) is 0 Å². The molecular weight excluding hydrogens is 453 g/mol. The molecule has 3 rings (SSSR count). The van der Waals surface area contributed by atoms with E-state index in [-0.39, 0.29) is 16.4 Å². The molecule has 1 heterocycles. The molecule has 1 aliphatic heterocycles. The minimum atomic E-state index is -3.65. The Bertz CT molecular complexity index is 1060. The van der Waals surface area contributed by atoms with Gasteiger partial charge in [-0.15, -0.1) is 11.8 Å². The smallest absolute Gasteiger partial charge is 0.368 e. The summed E-state index contributed by atoms with van der Waals surface area (Å²) in [5, 5.41) is 8.75. The van der Waals surface area contributed by atoms with Crippen molar-refractivity contribution in [2.45, 2.75) is 39.2 Å². The van der Waals surface area contributed by atoms with E-state index in [9.17, 15) is 17.6 Å². The number of hydrogen-bond acceptors (Lipinski definition) is 6. The van der Waals surface area contributed by atoms with E-state index in [1.807, 2.05) is 50.4 Å². The van der Waals surface area contributed by atoms with Gasteiger partial charge in [-0.3, -0.25) is 0 Å². The van der Waals surface area contributed by atoms with Gasteiger partial charge in [0, 0.05) is 29.0 Å². The Balaban J connectivity index is 2.14. The highest BCUT2D eigenvalue weighted by molar-refractivity contribution is 8.02. The lowest BCUT2D eigenvalue weighted by atomic mass is 9.83. The molecule has 2 aliphatic rings. The number of benzene rings is 1. The topological polar surface area (TPSA) is 83.9 Å². The number of anilines is 1. The van der Waals surface area contributed by atoms with Gasteiger partial charge in [-0.1, -0.05) is 32.0 Å². The molecule has 1 aromatic carbocycles. The highest BCUT2D eigenvalue weighted by Crippen LogP contribution is 2.44. The second-order valence-electron chi connectivity index (χ2n) is 8.08. The molecule has 0 radical (unpaired) electrons. The van der Waals surface area contributed by atoms with Crippen molar-refractivity contribution < 1.29 is 27.4 Å². The van der Waals surface area contributed by atoms with Crippen LogP contribution in [0, 0.1) is 5.41 Å². The molecule has 1 atom stereocenters. The summed E-state index contributed by atoms with van der Waals surface area (Å²) in [4.78, 5) is 13.9. The molecule has 1 saturated heterocycles. The SMILES string of the molecule is CCC1(CC)CN(c2ccccc2)C2CC(SC)=C(O/C=C(\F)C(=O)O)C=C2S(=O)(=O)C1. The maximum Gasteiger partial charge on any atom is 0.368 e. The first-order valence-corrected chi connectivity index (χ1v) is 13.3. The van der Waals surface area contributed by atoms with E-state index in [1.54, 1.807) is 0 Å². The van der Waals surface area contributed by atoms with Crippen LogP contribution in [0.4, 0.5) is 10.1 Å². The normalized spacial score (nSPS) is 22.6. The van der Waals surface area contributed by atoms with Crippen LogP contribution in [-0.2, 0) is 19.4 Å². The second-order valence-corrected chi connectivity index (χ2v) is 11.0. The van der Waals surface area contributed by atoms with Crippen molar-refractivity contribution in [3.05, 3.63) is 64.1 Å². The van der Waals surface area contributed by atoms with E-state index >= 15 is 0 Å². The summed E-state index contributed by atoms with van der Waals surface area (Å²) >= 11 is 1.37. The molecule has 9 heteroatoms. The van der Waals surface area contributed by atoms with Gasteiger partial charge in [-0.25, -0.2) is 13.2 Å². The number of sulfone groups is 1. The molecule has 174 valence electrons. The molecule has 0 spiro atoms. The van der Waals surface area contributed by atoms with Crippen LogP contribution in [0.2, 0.25) is 0 Å². The van der Waals surface area contributed by atoms with Crippen molar-refractivity contribution >= 4 is 33.3 Å². The molecule has 0 aromatic heterocycles. The van der Waals surface area contributed by atoms with E-state index in [0.717, 1.165) is 10.6 Å². The molecular formula is C23H28FNO5S2. The zero-order chi connectivity index (χ0) is 23.5. The highest BCUT2D eigenvalue weighted by Gasteiger charge is 2.46. The minimum absolute atomic E-state index is 0.0138. The Kier molecular flexibility index (Phi) is 7.39. The Hall–Kier alpha value is -2.26. The third-order valence-corrected chi connectivity index (χ3v) is 9.28. The average Bonchev–Trinajstić information content (AvgIpc) is 2.89. The van der Waals surface area contributed by atoms with E-state index in [0.29, 0.717) is 32.1 Å². The number of para-hydroxylation sites is 1. The number of thioether (sulfide) groups is 1. The average molecular weight is 482 g/mol. The monoisotopic (exact) mass is 481 g/mol. The van der Waals surface area contributed by atoms with Crippen LogP contribution in [0.25, 0.3) is 0 Å². The van der Waals surface area contributed by atoms with Gasteiger partial charge in [-0.2, -0.15) is 4.39 Å². The molecule has 32 heavy (non-hydrogen) atoms. The van der Waals surface area contributed by atoms with Crippen molar-refractivity contribution in [3.8, 4) is 0 Å². The third kappa shape index (κ3) is 4.88. The van der Waals surface area contributed by atoms with Gasteiger partial charge in [-0.05, 0) is 37.3 Å². The lowest BCUT2D eigenvalue weighted by Gasteiger charge is -2.39. The van der Waals surface area contributed by atoms with Gasteiger partial charge in [0.25, 0.3) is 0 Å². The van der Waals surface area contributed by atoms with Gasteiger partial charge in [0.1, 0.15) is 12.0 Å². The van der Waals surface area contributed by atoms with Crippen LogP contribution in [0.3, 0.4) is 0 Å². The molecule has 1 unspecified atom stereocenters. The van der Waals surface area contributed by atoms with Gasteiger partial charge in [0.15, 0.2) is 9.84 Å². The quantitative estimate of drug-likeness (QED) is 0.439. The minimum Gasteiger partial charge on any atom is -0.476 e. The summed E-state index contributed by atoms with van der Waals surface area (Å²) in [5.74, 6) is -3.02. The van der Waals surface area contributed by atoms with Crippen LogP contribution in [0.5, 0.6) is 0 Å². The fourth-order valence-corrected chi connectivity index (χ4v) is 7.28. The van der Waals surface area contributed by atoms with E-state index in [4.69, 9.17) is 9.84 Å². The van der Waals surface area contributed by atoms with Gasteiger partial charge in [0.05, 0.1) is 16.7 Å². The Labute approximate surface area is 192 Å². The van der Waals surface area contributed by atoms with E-state index in [2.05, 4.69) is 4.90 Å². The molecule has 1 fully saturated rings. The molecule has 0 amide bonds. The fourth-order valence-electron chi connectivity index (χ4n) is 4.26. The second kappa shape index (κ2) is 9.70. The lowest BCUT2D eigenvalue weighted by molar-refractivity contribution is -0.134. The molecule has 1 aromatic rings. The van der Waals surface area contributed by atoms with Crippen molar-refractivity contribution in [3.63, 3.8) is 0 Å². The molecule has 6 nitrogen and oxygen atoms in total. The number of halogens is 1. The summed E-state index contributed by atoms with van der Waals surface area (Å²) in [7, 11) is -3.65. The van der Waals surface area contributed by atoms with Crippen LogP contribution in [-0.4, -0.2) is 44.1 Å². The first-order chi connectivity index (χ1) is 15.2. The van der Waals surface area contributed by atoms with E-state index in [1.165, 1.54) is 17.8 Å². The Morgan fingerprint density at radius 3 is 2.53 bits per heavy atom. The van der Waals surface area contributed by atoms with Crippen LogP contribution >= 0.6 is 11.8 Å². The van der Waals surface area contributed by atoms with Gasteiger partial charge < -0.3 is 14.7 Å². The largest absolute Gasteiger partial charge is 0.476 e. The first kappa shape index (κ1) is 24.4. The fraction of sp³-hybridized carbons (Fsp3) is 0.435.